The van der Waals surface area contributed by atoms with Crippen molar-refractivity contribution < 1.29 is 9.21 Å². The molecule has 0 saturated carbocycles. The van der Waals surface area contributed by atoms with Crippen LogP contribution in [0.4, 0.5) is 5.69 Å². The maximum absolute atomic E-state index is 12.1. The van der Waals surface area contributed by atoms with Crippen molar-refractivity contribution in [3.05, 3.63) is 70.3 Å². The number of amides is 1. The zero-order valence-corrected chi connectivity index (χ0v) is 17.0. The van der Waals surface area contributed by atoms with Gasteiger partial charge in [-0.2, -0.15) is 0 Å². The summed E-state index contributed by atoms with van der Waals surface area (Å²) < 4.78 is 6.81. The standard InChI is InChI=1S/C20H14IN3O2S/c21-16-7-9-17(10-8-16)22-18(25)12-27-20-24-23-19(26-20)15-6-5-13-3-1-2-4-14(13)11-15/h1-11H,12H2,(H,22,25). The van der Waals surface area contributed by atoms with Crippen LogP contribution >= 0.6 is 34.4 Å². The van der Waals surface area contributed by atoms with Gasteiger partial charge in [-0.25, -0.2) is 0 Å². The second-order valence-electron chi connectivity index (χ2n) is 5.78. The Morgan fingerprint density at radius 2 is 1.78 bits per heavy atom. The second-order valence-corrected chi connectivity index (χ2v) is 7.95. The maximum Gasteiger partial charge on any atom is 0.277 e. The summed E-state index contributed by atoms with van der Waals surface area (Å²) in [6.07, 6.45) is 0. The monoisotopic (exact) mass is 487 g/mol. The molecule has 7 heteroatoms. The Hall–Kier alpha value is -2.39. The lowest BCUT2D eigenvalue weighted by molar-refractivity contribution is -0.113. The Morgan fingerprint density at radius 3 is 2.59 bits per heavy atom. The van der Waals surface area contributed by atoms with E-state index < -0.39 is 0 Å². The van der Waals surface area contributed by atoms with Crippen LogP contribution in [0.5, 0.6) is 0 Å². The lowest BCUT2D eigenvalue weighted by Crippen LogP contribution is -2.13. The SMILES string of the molecule is O=C(CSc1nnc(-c2ccc3ccccc3c2)o1)Nc1ccc(I)cc1. The number of benzene rings is 3. The Kier molecular flexibility index (Phi) is 5.40. The van der Waals surface area contributed by atoms with Crippen molar-refractivity contribution in [2.75, 3.05) is 11.1 Å². The summed E-state index contributed by atoms with van der Waals surface area (Å²) in [4.78, 5) is 12.1. The maximum atomic E-state index is 12.1. The first-order valence-electron chi connectivity index (χ1n) is 8.18. The first kappa shape index (κ1) is 18.0. The molecule has 4 rings (SSSR count). The van der Waals surface area contributed by atoms with E-state index in [1.165, 1.54) is 11.8 Å². The molecule has 0 spiro atoms. The smallest absolute Gasteiger partial charge is 0.277 e. The molecule has 0 unspecified atom stereocenters. The molecule has 1 N–H and O–H groups in total. The van der Waals surface area contributed by atoms with E-state index in [0.717, 1.165) is 25.6 Å². The largest absolute Gasteiger partial charge is 0.411 e. The molecular weight excluding hydrogens is 473 g/mol. The quantitative estimate of drug-likeness (QED) is 0.309. The van der Waals surface area contributed by atoms with E-state index in [2.05, 4.69) is 44.2 Å². The van der Waals surface area contributed by atoms with Gasteiger partial charge in [0.1, 0.15) is 0 Å². The van der Waals surface area contributed by atoms with Crippen LogP contribution in [0.25, 0.3) is 22.2 Å². The van der Waals surface area contributed by atoms with E-state index in [4.69, 9.17) is 4.42 Å². The van der Waals surface area contributed by atoms with Gasteiger partial charge < -0.3 is 9.73 Å². The number of aromatic nitrogens is 2. The number of nitrogens with zero attached hydrogens (tertiary/aromatic N) is 2. The molecule has 1 amide bonds. The predicted molar refractivity (Wildman–Crippen MR) is 116 cm³/mol. The molecule has 27 heavy (non-hydrogen) atoms. The summed E-state index contributed by atoms with van der Waals surface area (Å²) >= 11 is 3.44. The molecule has 1 aromatic heterocycles. The van der Waals surface area contributed by atoms with Crippen LogP contribution in [0.15, 0.2) is 76.4 Å². The van der Waals surface area contributed by atoms with Gasteiger partial charge in [0.2, 0.25) is 11.8 Å². The Bertz CT molecular complexity index is 1100. The molecule has 1 heterocycles. The number of halogens is 1. The number of carbonyl (C=O) groups excluding carboxylic acids is 1. The lowest BCUT2D eigenvalue weighted by atomic mass is 10.1. The molecule has 5 nitrogen and oxygen atoms in total. The molecule has 134 valence electrons. The third kappa shape index (κ3) is 4.48. The van der Waals surface area contributed by atoms with Crippen LogP contribution in [0.3, 0.4) is 0 Å². The first-order valence-corrected chi connectivity index (χ1v) is 10.2. The minimum atomic E-state index is -0.119. The van der Waals surface area contributed by atoms with Gasteiger partial charge in [-0.1, -0.05) is 42.1 Å². The average Bonchev–Trinajstić information content (AvgIpc) is 3.17. The highest BCUT2D eigenvalue weighted by Gasteiger charge is 2.12. The molecule has 0 aliphatic rings. The highest BCUT2D eigenvalue weighted by molar-refractivity contribution is 14.1. The fraction of sp³-hybridized carbons (Fsp3) is 0.0500. The zero-order chi connectivity index (χ0) is 18.6. The minimum absolute atomic E-state index is 0.119. The van der Waals surface area contributed by atoms with Gasteiger partial charge in [-0.3, -0.25) is 4.79 Å². The summed E-state index contributed by atoms with van der Waals surface area (Å²) in [5.74, 6) is 0.527. The minimum Gasteiger partial charge on any atom is -0.411 e. The van der Waals surface area contributed by atoms with Crippen LogP contribution in [-0.4, -0.2) is 21.9 Å². The first-order chi connectivity index (χ1) is 13.2. The van der Waals surface area contributed by atoms with Gasteiger partial charge >= 0.3 is 0 Å². The summed E-state index contributed by atoms with van der Waals surface area (Å²) in [5, 5.41) is 13.6. The van der Waals surface area contributed by atoms with Crippen LogP contribution < -0.4 is 5.32 Å². The third-order valence-electron chi connectivity index (χ3n) is 3.86. The molecule has 0 radical (unpaired) electrons. The normalized spacial score (nSPS) is 10.9. The van der Waals surface area contributed by atoms with Gasteiger partial charge in [-0.15, -0.1) is 10.2 Å². The number of fused-ring (bicyclic) bond motifs is 1. The van der Waals surface area contributed by atoms with Crippen LogP contribution in [0.1, 0.15) is 0 Å². The molecule has 4 aromatic rings. The summed E-state index contributed by atoms with van der Waals surface area (Å²) in [5.41, 5.74) is 1.62. The highest BCUT2D eigenvalue weighted by atomic mass is 127. The number of carbonyl (C=O) groups is 1. The van der Waals surface area contributed by atoms with Gasteiger partial charge in [0.25, 0.3) is 5.22 Å². The van der Waals surface area contributed by atoms with Gasteiger partial charge in [0, 0.05) is 14.8 Å². The average molecular weight is 487 g/mol. The van der Waals surface area contributed by atoms with Gasteiger partial charge in [0.15, 0.2) is 0 Å². The number of hydrogen-bond donors (Lipinski definition) is 1. The molecule has 3 aromatic carbocycles. The third-order valence-corrected chi connectivity index (χ3v) is 5.40. The van der Waals surface area contributed by atoms with E-state index in [1.54, 1.807) is 0 Å². The van der Waals surface area contributed by atoms with E-state index in [-0.39, 0.29) is 11.7 Å². The van der Waals surface area contributed by atoms with E-state index >= 15 is 0 Å². The number of rotatable bonds is 5. The zero-order valence-electron chi connectivity index (χ0n) is 14.1. The molecule has 0 saturated heterocycles. The topological polar surface area (TPSA) is 68.0 Å². The number of thioether (sulfide) groups is 1. The summed E-state index contributed by atoms with van der Waals surface area (Å²) in [6.45, 7) is 0. The van der Waals surface area contributed by atoms with E-state index in [0.29, 0.717) is 11.1 Å². The van der Waals surface area contributed by atoms with Crippen LogP contribution in [-0.2, 0) is 4.79 Å². The molecule has 0 fully saturated rings. The summed E-state index contributed by atoms with van der Waals surface area (Å²) in [6, 6.07) is 21.7. The lowest BCUT2D eigenvalue weighted by Gasteiger charge is -2.03. The fourth-order valence-electron chi connectivity index (χ4n) is 2.56. The fourth-order valence-corrected chi connectivity index (χ4v) is 3.49. The number of nitrogens with one attached hydrogen (secondary N) is 1. The molecular formula is C20H14IN3O2S. The van der Waals surface area contributed by atoms with Crippen molar-refractivity contribution in [3.63, 3.8) is 0 Å². The molecule has 0 aliphatic carbocycles. The van der Waals surface area contributed by atoms with E-state index in [9.17, 15) is 4.79 Å². The van der Waals surface area contributed by atoms with Crippen molar-refractivity contribution in [2.45, 2.75) is 5.22 Å². The van der Waals surface area contributed by atoms with Crippen molar-refractivity contribution >= 4 is 56.7 Å². The van der Waals surface area contributed by atoms with Crippen molar-refractivity contribution in [3.8, 4) is 11.5 Å². The van der Waals surface area contributed by atoms with Gasteiger partial charge in [0.05, 0.1) is 5.75 Å². The molecule has 0 atom stereocenters. The Balaban J connectivity index is 1.40. The summed E-state index contributed by atoms with van der Waals surface area (Å²) in [7, 11) is 0. The highest BCUT2D eigenvalue weighted by Crippen LogP contribution is 2.26. The molecule has 0 aliphatic heterocycles. The van der Waals surface area contributed by atoms with Crippen LogP contribution in [0.2, 0.25) is 0 Å². The molecule has 0 bridgehead atoms. The van der Waals surface area contributed by atoms with Gasteiger partial charge in [-0.05, 0) is 69.8 Å². The van der Waals surface area contributed by atoms with Crippen molar-refractivity contribution in [1.29, 1.82) is 0 Å². The number of hydrogen-bond acceptors (Lipinski definition) is 5. The van der Waals surface area contributed by atoms with Crippen molar-refractivity contribution in [2.24, 2.45) is 0 Å². The second kappa shape index (κ2) is 8.10. The van der Waals surface area contributed by atoms with E-state index in [1.807, 2.05) is 60.7 Å². The van der Waals surface area contributed by atoms with Crippen molar-refractivity contribution in [1.82, 2.24) is 10.2 Å². The van der Waals surface area contributed by atoms with Crippen LogP contribution in [0, 0.1) is 3.57 Å². The Labute approximate surface area is 173 Å². The Morgan fingerprint density at radius 1 is 1.00 bits per heavy atom. The number of anilines is 1. The predicted octanol–water partition coefficient (Wildman–Crippen LogP) is 5.23.